The number of halogens is 2. The van der Waals surface area contributed by atoms with Crippen LogP contribution in [0.3, 0.4) is 0 Å². The van der Waals surface area contributed by atoms with Gasteiger partial charge in [-0.1, -0.05) is 48.0 Å². The Morgan fingerprint density at radius 3 is 2.44 bits per heavy atom. The average molecular weight is 392 g/mol. The molecule has 0 heterocycles. The van der Waals surface area contributed by atoms with Crippen LogP contribution in [0.4, 0.5) is 4.39 Å². The Kier molecular flexibility index (Phi) is 7.49. The minimum atomic E-state index is -0.792. The minimum absolute atomic E-state index is 0.00950. The fourth-order valence-corrected chi connectivity index (χ4v) is 2.65. The van der Waals surface area contributed by atoms with E-state index in [9.17, 15) is 18.8 Å². The summed E-state index contributed by atoms with van der Waals surface area (Å²) < 4.78 is 18.5. The zero-order chi connectivity index (χ0) is 19.8. The Hall–Kier alpha value is -2.73. The molecule has 0 aliphatic carbocycles. The number of amides is 1. The van der Waals surface area contributed by atoms with Crippen LogP contribution in [-0.4, -0.2) is 30.3 Å². The third-order valence-corrected chi connectivity index (χ3v) is 4.21. The molecule has 1 amide bonds. The van der Waals surface area contributed by atoms with E-state index < -0.39 is 30.3 Å². The molecule has 2 aromatic rings. The maximum atomic E-state index is 13.7. The van der Waals surface area contributed by atoms with Crippen LogP contribution in [0.25, 0.3) is 0 Å². The number of Topliss-reactive ketones (excluding diaryl/α,β-unsaturated/α-hetero) is 1. The first-order valence-corrected chi connectivity index (χ1v) is 8.67. The molecule has 0 bridgehead atoms. The zero-order valence-corrected chi connectivity index (χ0v) is 15.5. The van der Waals surface area contributed by atoms with Gasteiger partial charge in [-0.25, -0.2) is 4.39 Å². The highest BCUT2D eigenvalue weighted by Crippen LogP contribution is 2.19. The van der Waals surface area contributed by atoms with Crippen LogP contribution in [0, 0.1) is 5.82 Å². The highest BCUT2D eigenvalue weighted by molar-refractivity contribution is 6.31. The number of rotatable bonds is 8. The normalized spacial score (nSPS) is 11.5. The van der Waals surface area contributed by atoms with Crippen LogP contribution in [0.5, 0.6) is 0 Å². The van der Waals surface area contributed by atoms with Gasteiger partial charge in [-0.2, -0.15) is 0 Å². The van der Waals surface area contributed by atoms with Crippen LogP contribution in [0.1, 0.15) is 18.1 Å². The second-order valence-corrected chi connectivity index (χ2v) is 6.37. The Balaban J connectivity index is 1.86. The molecule has 7 heteroatoms. The average Bonchev–Trinajstić information content (AvgIpc) is 2.63. The SMILES string of the molecule is CC(=O)[C@@H](Cc1ccccc1)NC(=O)COC(=O)Cc1c(F)cccc1Cl. The second kappa shape index (κ2) is 9.83. The number of ether oxygens (including phenoxy) is 1. The molecule has 0 saturated heterocycles. The van der Waals surface area contributed by atoms with E-state index in [1.54, 1.807) is 0 Å². The highest BCUT2D eigenvalue weighted by Gasteiger charge is 2.19. The molecular weight excluding hydrogens is 373 g/mol. The number of benzene rings is 2. The van der Waals surface area contributed by atoms with Gasteiger partial charge in [-0.05, 0) is 31.0 Å². The summed E-state index contributed by atoms with van der Waals surface area (Å²) in [6.07, 6.45) is -0.0559. The molecule has 0 aromatic heterocycles. The summed E-state index contributed by atoms with van der Waals surface area (Å²) in [6.45, 7) is 0.809. The van der Waals surface area contributed by atoms with Crippen molar-refractivity contribution in [3.05, 3.63) is 70.5 Å². The second-order valence-electron chi connectivity index (χ2n) is 5.96. The highest BCUT2D eigenvalue weighted by atomic mass is 35.5. The summed E-state index contributed by atoms with van der Waals surface area (Å²) in [5.74, 6) is -2.24. The van der Waals surface area contributed by atoms with Crippen molar-refractivity contribution in [1.82, 2.24) is 5.32 Å². The lowest BCUT2D eigenvalue weighted by atomic mass is 10.0. The molecule has 1 N–H and O–H groups in total. The van der Waals surface area contributed by atoms with Gasteiger partial charge in [0, 0.05) is 10.6 Å². The van der Waals surface area contributed by atoms with Gasteiger partial charge in [0.25, 0.3) is 5.91 Å². The van der Waals surface area contributed by atoms with Gasteiger partial charge in [-0.15, -0.1) is 0 Å². The van der Waals surface area contributed by atoms with Gasteiger partial charge in [0.15, 0.2) is 12.4 Å². The quantitative estimate of drug-likeness (QED) is 0.702. The Morgan fingerprint density at radius 2 is 1.81 bits per heavy atom. The first kappa shape index (κ1) is 20.6. The molecule has 2 aromatic carbocycles. The van der Waals surface area contributed by atoms with E-state index in [-0.39, 0.29) is 22.8 Å². The Bertz CT molecular complexity index is 806. The number of carbonyl (C=O) groups excluding carboxylic acids is 3. The Labute approximate surface area is 161 Å². The summed E-state index contributed by atoms with van der Waals surface area (Å²) >= 11 is 5.85. The monoisotopic (exact) mass is 391 g/mol. The third-order valence-electron chi connectivity index (χ3n) is 3.86. The Morgan fingerprint density at radius 1 is 1.11 bits per heavy atom. The topological polar surface area (TPSA) is 72.5 Å². The molecule has 0 unspecified atom stereocenters. The largest absolute Gasteiger partial charge is 0.455 e. The van der Waals surface area contributed by atoms with E-state index in [0.29, 0.717) is 6.42 Å². The van der Waals surface area contributed by atoms with E-state index >= 15 is 0 Å². The molecule has 0 fully saturated rings. The van der Waals surface area contributed by atoms with Crippen molar-refractivity contribution in [2.75, 3.05) is 6.61 Å². The van der Waals surface area contributed by atoms with E-state index in [1.165, 1.54) is 25.1 Å². The fourth-order valence-electron chi connectivity index (χ4n) is 2.42. The smallest absolute Gasteiger partial charge is 0.310 e. The lowest BCUT2D eigenvalue weighted by Gasteiger charge is -2.16. The summed E-state index contributed by atoms with van der Waals surface area (Å²) in [5.41, 5.74) is 0.902. The molecule has 0 aliphatic rings. The van der Waals surface area contributed by atoms with E-state index in [4.69, 9.17) is 16.3 Å². The van der Waals surface area contributed by atoms with Gasteiger partial charge in [-0.3, -0.25) is 14.4 Å². The van der Waals surface area contributed by atoms with Gasteiger partial charge >= 0.3 is 5.97 Å². The zero-order valence-electron chi connectivity index (χ0n) is 14.7. The predicted molar refractivity (Wildman–Crippen MR) is 98.8 cm³/mol. The molecule has 27 heavy (non-hydrogen) atoms. The third kappa shape index (κ3) is 6.49. The van der Waals surface area contributed by atoms with Crippen molar-refractivity contribution in [1.29, 1.82) is 0 Å². The van der Waals surface area contributed by atoms with Crippen LogP contribution >= 0.6 is 11.6 Å². The van der Waals surface area contributed by atoms with Gasteiger partial charge in [0.05, 0.1) is 12.5 Å². The molecule has 0 spiro atoms. The first-order chi connectivity index (χ1) is 12.9. The molecular formula is C20H19ClFNO4. The summed E-state index contributed by atoms with van der Waals surface area (Å²) in [4.78, 5) is 35.6. The molecule has 1 atom stereocenters. The molecule has 142 valence electrons. The van der Waals surface area contributed by atoms with Crippen molar-refractivity contribution in [2.24, 2.45) is 0 Å². The van der Waals surface area contributed by atoms with Crippen LogP contribution in [-0.2, 0) is 32.0 Å². The van der Waals surface area contributed by atoms with Crippen LogP contribution < -0.4 is 5.32 Å². The van der Waals surface area contributed by atoms with Crippen molar-refractivity contribution in [2.45, 2.75) is 25.8 Å². The number of esters is 1. The number of nitrogens with one attached hydrogen (secondary N) is 1. The number of ketones is 1. The van der Waals surface area contributed by atoms with Gasteiger partial charge < -0.3 is 10.1 Å². The summed E-state index contributed by atoms with van der Waals surface area (Å²) in [6, 6.07) is 12.6. The maximum Gasteiger partial charge on any atom is 0.310 e. The fraction of sp³-hybridized carbons (Fsp3) is 0.250. The number of hydrogen-bond donors (Lipinski definition) is 1. The number of hydrogen-bond acceptors (Lipinski definition) is 4. The van der Waals surface area contributed by atoms with Crippen LogP contribution in [0.15, 0.2) is 48.5 Å². The van der Waals surface area contributed by atoms with E-state index in [0.717, 1.165) is 5.56 Å². The molecule has 0 aliphatic heterocycles. The maximum absolute atomic E-state index is 13.7. The van der Waals surface area contributed by atoms with Gasteiger partial charge in [0.2, 0.25) is 0 Å². The standard InChI is InChI=1S/C20H19ClFNO4/c1-13(24)18(10-14-6-3-2-4-7-14)23-19(25)12-27-20(26)11-15-16(21)8-5-9-17(15)22/h2-9,18H,10-12H2,1H3,(H,23,25)/t18-/m1/s1. The van der Waals surface area contributed by atoms with E-state index in [1.807, 2.05) is 30.3 Å². The lowest BCUT2D eigenvalue weighted by molar-refractivity contribution is -0.148. The van der Waals surface area contributed by atoms with Crippen molar-refractivity contribution in [3.8, 4) is 0 Å². The first-order valence-electron chi connectivity index (χ1n) is 8.29. The van der Waals surface area contributed by atoms with Crippen molar-refractivity contribution in [3.63, 3.8) is 0 Å². The molecule has 5 nitrogen and oxygen atoms in total. The lowest BCUT2D eigenvalue weighted by Crippen LogP contribution is -2.43. The number of carbonyl (C=O) groups is 3. The molecule has 0 saturated carbocycles. The molecule has 2 rings (SSSR count). The minimum Gasteiger partial charge on any atom is -0.455 e. The van der Waals surface area contributed by atoms with Crippen molar-refractivity contribution < 1.29 is 23.5 Å². The van der Waals surface area contributed by atoms with Crippen LogP contribution in [0.2, 0.25) is 5.02 Å². The summed E-state index contributed by atoms with van der Waals surface area (Å²) in [7, 11) is 0. The predicted octanol–water partition coefficient (Wildman–Crippen LogP) is 2.88. The molecule has 0 radical (unpaired) electrons. The van der Waals surface area contributed by atoms with Crippen molar-refractivity contribution >= 4 is 29.3 Å². The van der Waals surface area contributed by atoms with E-state index in [2.05, 4.69) is 5.32 Å². The van der Waals surface area contributed by atoms with Gasteiger partial charge in [0.1, 0.15) is 5.82 Å². The summed E-state index contributed by atoms with van der Waals surface area (Å²) in [5, 5.41) is 2.65.